The second kappa shape index (κ2) is 7.77. The second-order valence-electron chi connectivity index (χ2n) is 4.89. The van der Waals surface area contributed by atoms with Crippen LogP contribution in [0.4, 0.5) is 5.82 Å². The predicted molar refractivity (Wildman–Crippen MR) is 79.5 cm³/mol. The van der Waals surface area contributed by atoms with E-state index in [9.17, 15) is 4.79 Å². The summed E-state index contributed by atoms with van der Waals surface area (Å²) in [5.41, 5.74) is 0.506. The molecule has 1 amide bonds. The minimum Gasteiger partial charge on any atom is -0.370 e. The van der Waals surface area contributed by atoms with Gasteiger partial charge in [0.05, 0.1) is 0 Å². The summed E-state index contributed by atoms with van der Waals surface area (Å²) in [6.45, 7) is 7.16. The zero-order valence-corrected chi connectivity index (χ0v) is 12.4. The molecule has 0 fully saturated rings. The Labute approximate surface area is 116 Å². The maximum absolute atomic E-state index is 12.3. The van der Waals surface area contributed by atoms with Crippen LogP contribution in [0.5, 0.6) is 0 Å². The Morgan fingerprint density at radius 2 is 2.11 bits per heavy atom. The van der Waals surface area contributed by atoms with E-state index < -0.39 is 0 Å². The number of aromatic nitrogens is 1. The molecule has 1 aromatic rings. The number of carbonyl (C=O) groups excluding carboxylic acids is 1. The van der Waals surface area contributed by atoms with Crippen molar-refractivity contribution in [2.45, 2.75) is 46.1 Å². The van der Waals surface area contributed by atoms with Crippen LogP contribution in [0, 0.1) is 0 Å². The molecule has 4 nitrogen and oxygen atoms in total. The number of carbonyl (C=O) groups is 1. The fraction of sp³-hybridized carbons (Fsp3) is 0.600. The van der Waals surface area contributed by atoms with Gasteiger partial charge >= 0.3 is 0 Å². The summed E-state index contributed by atoms with van der Waals surface area (Å²) in [6.07, 6.45) is 3.12. The molecule has 0 bridgehead atoms. The van der Waals surface area contributed by atoms with E-state index in [1.807, 2.05) is 19.2 Å². The Morgan fingerprint density at radius 1 is 1.37 bits per heavy atom. The van der Waals surface area contributed by atoms with Crippen molar-refractivity contribution < 1.29 is 4.79 Å². The van der Waals surface area contributed by atoms with Crippen LogP contribution in [0.25, 0.3) is 0 Å². The second-order valence-corrected chi connectivity index (χ2v) is 4.89. The molecular weight excluding hydrogens is 238 g/mol. The highest BCUT2D eigenvalue weighted by molar-refractivity contribution is 5.92. The van der Waals surface area contributed by atoms with Crippen molar-refractivity contribution in [3.05, 3.63) is 23.9 Å². The lowest BCUT2D eigenvalue weighted by molar-refractivity contribution is 0.0731. The topological polar surface area (TPSA) is 45.2 Å². The average molecular weight is 263 g/mol. The van der Waals surface area contributed by atoms with E-state index in [0.717, 1.165) is 31.6 Å². The van der Waals surface area contributed by atoms with Crippen molar-refractivity contribution in [2.24, 2.45) is 0 Å². The molecule has 1 aromatic heterocycles. The molecule has 0 saturated heterocycles. The molecule has 1 rings (SSSR count). The molecular formula is C15H25N3O. The van der Waals surface area contributed by atoms with Gasteiger partial charge in [-0.25, -0.2) is 4.98 Å². The summed E-state index contributed by atoms with van der Waals surface area (Å²) in [5, 5.41) is 3.20. The number of amides is 1. The van der Waals surface area contributed by atoms with Gasteiger partial charge in [-0.3, -0.25) is 4.79 Å². The smallest absolute Gasteiger partial charge is 0.272 e. The maximum Gasteiger partial charge on any atom is 0.272 e. The third-order valence-electron chi connectivity index (χ3n) is 3.21. The lowest BCUT2D eigenvalue weighted by Crippen LogP contribution is -2.35. The molecule has 4 heteroatoms. The summed E-state index contributed by atoms with van der Waals surface area (Å²) in [7, 11) is 1.84. The van der Waals surface area contributed by atoms with Crippen molar-refractivity contribution in [3.63, 3.8) is 0 Å². The highest BCUT2D eigenvalue weighted by Crippen LogP contribution is 2.11. The SMILES string of the molecule is CCCNc1cccc(C(=O)N(C)C(C)CCC)n1. The Hall–Kier alpha value is -1.58. The van der Waals surface area contributed by atoms with E-state index in [4.69, 9.17) is 0 Å². The van der Waals surface area contributed by atoms with E-state index in [1.165, 1.54) is 0 Å². The number of nitrogens with one attached hydrogen (secondary N) is 1. The van der Waals surface area contributed by atoms with Crippen molar-refractivity contribution in [2.75, 3.05) is 18.9 Å². The third-order valence-corrected chi connectivity index (χ3v) is 3.21. The van der Waals surface area contributed by atoms with Gasteiger partial charge in [0.2, 0.25) is 0 Å². The van der Waals surface area contributed by atoms with Crippen molar-refractivity contribution in [1.29, 1.82) is 0 Å². The molecule has 19 heavy (non-hydrogen) atoms. The highest BCUT2D eigenvalue weighted by Gasteiger charge is 2.18. The van der Waals surface area contributed by atoms with Crippen LogP contribution in [0.15, 0.2) is 18.2 Å². The molecule has 0 spiro atoms. The first kappa shape index (κ1) is 15.5. The van der Waals surface area contributed by atoms with Crippen LogP contribution in [0.1, 0.15) is 50.5 Å². The molecule has 1 N–H and O–H groups in total. The number of hydrogen-bond donors (Lipinski definition) is 1. The van der Waals surface area contributed by atoms with Gasteiger partial charge < -0.3 is 10.2 Å². The van der Waals surface area contributed by atoms with Crippen molar-refractivity contribution in [1.82, 2.24) is 9.88 Å². The monoisotopic (exact) mass is 263 g/mol. The van der Waals surface area contributed by atoms with Gasteiger partial charge in [0.1, 0.15) is 11.5 Å². The largest absolute Gasteiger partial charge is 0.370 e. The molecule has 106 valence electrons. The van der Waals surface area contributed by atoms with E-state index in [0.29, 0.717) is 5.69 Å². The first-order chi connectivity index (χ1) is 9.10. The van der Waals surface area contributed by atoms with Gasteiger partial charge in [-0.2, -0.15) is 0 Å². The molecule has 0 aromatic carbocycles. The number of hydrogen-bond acceptors (Lipinski definition) is 3. The Kier molecular flexibility index (Phi) is 6.33. The van der Waals surface area contributed by atoms with Gasteiger partial charge in [0.15, 0.2) is 0 Å². The van der Waals surface area contributed by atoms with Gasteiger partial charge in [-0.1, -0.05) is 26.3 Å². The van der Waals surface area contributed by atoms with Crippen molar-refractivity contribution in [3.8, 4) is 0 Å². The van der Waals surface area contributed by atoms with Gasteiger partial charge in [-0.15, -0.1) is 0 Å². The van der Waals surface area contributed by atoms with Gasteiger partial charge in [0.25, 0.3) is 5.91 Å². The van der Waals surface area contributed by atoms with Crippen LogP contribution < -0.4 is 5.32 Å². The standard InChI is InChI=1S/C15H25N3O/c1-5-8-12(3)18(4)15(19)13-9-7-10-14(17-13)16-11-6-2/h7,9-10,12H,5-6,8,11H2,1-4H3,(H,16,17). The fourth-order valence-electron chi connectivity index (χ4n) is 1.90. The zero-order valence-electron chi connectivity index (χ0n) is 12.4. The van der Waals surface area contributed by atoms with Gasteiger partial charge in [0, 0.05) is 19.6 Å². The summed E-state index contributed by atoms with van der Waals surface area (Å²) in [6, 6.07) is 5.78. The van der Waals surface area contributed by atoms with Crippen LogP contribution in [-0.2, 0) is 0 Å². The number of rotatable bonds is 7. The van der Waals surface area contributed by atoms with Crippen LogP contribution in [0.2, 0.25) is 0 Å². The minimum absolute atomic E-state index is 0.0129. The van der Waals surface area contributed by atoms with Crippen LogP contribution in [0.3, 0.4) is 0 Å². The zero-order chi connectivity index (χ0) is 14.3. The highest BCUT2D eigenvalue weighted by atomic mass is 16.2. The number of pyridine rings is 1. The molecule has 1 unspecified atom stereocenters. The van der Waals surface area contributed by atoms with Crippen LogP contribution >= 0.6 is 0 Å². The summed E-state index contributed by atoms with van der Waals surface area (Å²) < 4.78 is 0. The summed E-state index contributed by atoms with van der Waals surface area (Å²) >= 11 is 0. The number of nitrogens with zero attached hydrogens (tertiary/aromatic N) is 2. The molecule has 1 atom stereocenters. The van der Waals surface area contributed by atoms with E-state index in [2.05, 4.69) is 31.1 Å². The quantitative estimate of drug-likeness (QED) is 0.822. The fourth-order valence-corrected chi connectivity index (χ4v) is 1.90. The molecule has 0 aliphatic rings. The normalized spacial score (nSPS) is 12.0. The lowest BCUT2D eigenvalue weighted by atomic mass is 10.1. The Balaban J connectivity index is 2.75. The van der Waals surface area contributed by atoms with E-state index >= 15 is 0 Å². The van der Waals surface area contributed by atoms with E-state index in [-0.39, 0.29) is 11.9 Å². The molecule has 1 heterocycles. The van der Waals surface area contributed by atoms with Gasteiger partial charge in [-0.05, 0) is 31.9 Å². The molecule has 0 radical (unpaired) electrons. The maximum atomic E-state index is 12.3. The molecule has 0 aliphatic heterocycles. The van der Waals surface area contributed by atoms with E-state index in [1.54, 1.807) is 11.0 Å². The lowest BCUT2D eigenvalue weighted by Gasteiger charge is -2.24. The Bertz CT molecular complexity index is 406. The average Bonchev–Trinajstić information content (AvgIpc) is 2.44. The Morgan fingerprint density at radius 3 is 2.74 bits per heavy atom. The summed E-state index contributed by atoms with van der Waals surface area (Å²) in [4.78, 5) is 18.5. The summed E-state index contributed by atoms with van der Waals surface area (Å²) in [5.74, 6) is 0.755. The molecule has 0 saturated carbocycles. The number of anilines is 1. The minimum atomic E-state index is -0.0129. The van der Waals surface area contributed by atoms with Crippen LogP contribution in [-0.4, -0.2) is 35.4 Å². The third kappa shape index (κ3) is 4.54. The first-order valence-electron chi connectivity index (χ1n) is 7.08. The predicted octanol–water partition coefficient (Wildman–Crippen LogP) is 3.16. The molecule has 0 aliphatic carbocycles. The first-order valence-corrected chi connectivity index (χ1v) is 7.08. The van der Waals surface area contributed by atoms with Crippen molar-refractivity contribution >= 4 is 11.7 Å².